The van der Waals surface area contributed by atoms with E-state index in [0.717, 1.165) is 12.8 Å². The van der Waals surface area contributed by atoms with Crippen LogP contribution in [0.15, 0.2) is 0 Å². The predicted octanol–water partition coefficient (Wildman–Crippen LogP) is -0.0462. The van der Waals surface area contributed by atoms with E-state index in [2.05, 4.69) is 4.74 Å². The molecule has 0 aromatic rings. The summed E-state index contributed by atoms with van der Waals surface area (Å²) >= 11 is 0. The average molecular weight is 397 g/mol. The first-order valence-electron chi connectivity index (χ1n) is 9.27. The number of amides is 1. The lowest BCUT2D eigenvalue weighted by Crippen LogP contribution is -2.14. The van der Waals surface area contributed by atoms with Crippen molar-refractivity contribution in [2.24, 2.45) is 5.73 Å². The maximum atomic E-state index is 10.3. The second-order valence-corrected chi connectivity index (χ2v) is 5.27. The Labute approximate surface area is 161 Å². The highest BCUT2D eigenvalue weighted by atomic mass is 16.6. The molecule has 0 aromatic heterocycles. The largest absolute Gasteiger partial charge is 0.450 e. The van der Waals surface area contributed by atoms with E-state index in [9.17, 15) is 4.79 Å². The van der Waals surface area contributed by atoms with Gasteiger partial charge in [-0.05, 0) is 12.8 Å². The van der Waals surface area contributed by atoms with Crippen LogP contribution in [0.5, 0.6) is 0 Å². The number of ether oxygens (including phenoxy) is 7. The summed E-state index contributed by atoms with van der Waals surface area (Å²) in [5, 5.41) is 8.51. The normalized spacial score (nSPS) is 11.0. The number of aliphatic hydroxyl groups excluding tert-OH is 1. The van der Waals surface area contributed by atoms with E-state index < -0.39 is 6.09 Å². The number of carbonyl (C=O) groups is 1. The van der Waals surface area contributed by atoms with Gasteiger partial charge in [0.1, 0.15) is 0 Å². The van der Waals surface area contributed by atoms with Gasteiger partial charge in [-0.2, -0.15) is 0 Å². The van der Waals surface area contributed by atoms with E-state index in [0.29, 0.717) is 85.9 Å². The van der Waals surface area contributed by atoms with Gasteiger partial charge in [-0.1, -0.05) is 0 Å². The molecule has 0 aliphatic heterocycles. The summed E-state index contributed by atoms with van der Waals surface area (Å²) in [6, 6.07) is 0. The van der Waals surface area contributed by atoms with E-state index >= 15 is 0 Å². The molecule has 1 amide bonds. The summed E-state index contributed by atoms with van der Waals surface area (Å²) in [4.78, 5) is 10.3. The van der Waals surface area contributed by atoms with Gasteiger partial charge in [0.05, 0.1) is 85.9 Å². The predicted molar refractivity (Wildman–Crippen MR) is 96.8 cm³/mol. The molecular weight excluding hydrogens is 362 g/mol. The van der Waals surface area contributed by atoms with Crippen LogP contribution in [0, 0.1) is 0 Å². The summed E-state index contributed by atoms with van der Waals surface area (Å²) in [5.41, 5.74) is 4.84. The van der Waals surface area contributed by atoms with Crippen molar-refractivity contribution in [1.82, 2.24) is 0 Å². The number of primary amides is 1. The lowest BCUT2D eigenvalue weighted by Gasteiger charge is -2.08. The zero-order valence-electron chi connectivity index (χ0n) is 16.1. The van der Waals surface area contributed by atoms with E-state index in [1.165, 1.54) is 0 Å². The topological polar surface area (TPSA) is 128 Å². The van der Waals surface area contributed by atoms with Crippen LogP contribution < -0.4 is 5.73 Å². The Kier molecular flexibility index (Phi) is 22.2. The minimum Gasteiger partial charge on any atom is -0.450 e. The number of unbranched alkanes of at least 4 members (excludes halogenated alkanes) is 1. The summed E-state index contributed by atoms with van der Waals surface area (Å²) in [6.07, 6.45) is 0.785. The zero-order valence-corrected chi connectivity index (χ0v) is 16.1. The Hall–Kier alpha value is -1.01. The molecule has 3 N–H and O–H groups in total. The molecule has 0 aliphatic carbocycles. The van der Waals surface area contributed by atoms with Crippen molar-refractivity contribution < 1.29 is 43.1 Å². The Bertz CT molecular complexity index is 308. The molecule has 10 heteroatoms. The molecule has 0 saturated heterocycles. The number of nitrogens with two attached hydrogens (primary N) is 1. The Morgan fingerprint density at radius 1 is 0.556 bits per heavy atom. The Balaban J connectivity index is 2.98. The number of rotatable bonds is 22. The van der Waals surface area contributed by atoms with Crippen molar-refractivity contribution in [2.45, 2.75) is 12.8 Å². The second-order valence-electron chi connectivity index (χ2n) is 5.27. The molecule has 0 saturated carbocycles. The average Bonchev–Trinajstić information content (AvgIpc) is 2.65. The summed E-state index contributed by atoms with van der Waals surface area (Å²) in [7, 11) is 0. The van der Waals surface area contributed by atoms with Gasteiger partial charge in [0, 0.05) is 6.61 Å². The van der Waals surface area contributed by atoms with Crippen LogP contribution in [0.4, 0.5) is 4.79 Å². The van der Waals surface area contributed by atoms with Crippen molar-refractivity contribution in [1.29, 1.82) is 0 Å². The van der Waals surface area contributed by atoms with Crippen molar-refractivity contribution in [3.05, 3.63) is 0 Å². The van der Waals surface area contributed by atoms with E-state index in [-0.39, 0.29) is 6.61 Å². The van der Waals surface area contributed by atoms with Crippen LogP contribution in [0.2, 0.25) is 0 Å². The highest BCUT2D eigenvalue weighted by molar-refractivity contribution is 5.64. The van der Waals surface area contributed by atoms with E-state index in [1.807, 2.05) is 0 Å². The lowest BCUT2D eigenvalue weighted by atomic mass is 10.3. The van der Waals surface area contributed by atoms with Gasteiger partial charge in [-0.25, -0.2) is 4.79 Å². The van der Waals surface area contributed by atoms with Crippen LogP contribution in [0.1, 0.15) is 12.8 Å². The first kappa shape index (κ1) is 26.0. The highest BCUT2D eigenvalue weighted by Gasteiger charge is 1.95. The quantitative estimate of drug-likeness (QED) is 0.242. The van der Waals surface area contributed by atoms with Crippen LogP contribution in [-0.2, 0) is 33.2 Å². The number of carbonyl (C=O) groups excluding carboxylic acids is 1. The SMILES string of the molecule is NC(=O)OCCCCOCCOCCOCCOCCOCCOCCO. The maximum absolute atomic E-state index is 10.3. The second kappa shape index (κ2) is 23.0. The fraction of sp³-hybridized carbons (Fsp3) is 0.941. The molecule has 0 radical (unpaired) electrons. The molecule has 0 fully saturated rings. The van der Waals surface area contributed by atoms with Crippen molar-refractivity contribution in [3.63, 3.8) is 0 Å². The summed E-state index contributed by atoms with van der Waals surface area (Å²) in [5.74, 6) is 0. The van der Waals surface area contributed by atoms with Gasteiger partial charge in [0.25, 0.3) is 0 Å². The minimum atomic E-state index is -0.746. The van der Waals surface area contributed by atoms with Crippen LogP contribution >= 0.6 is 0 Å². The van der Waals surface area contributed by atoms with Crippen molar-refractivity contribution >= 4 is 6.09 Å². The molecule has 27 heavy (non-hydrogen) atoms. The standard InChI is InChI=1S/C17H35NO9/c18-17(20)27-5-2-1-4-21-7-9-23-11-13-25-15-16-26-14-12-24-10-8-22-6-3-19/h19H,1-16H2,(H2,18,20). The molecule has 0 spiro atoms. The molecule has 0 bridgehead atoms. The minimum absolute atomic E-state index is 0.0267. The highest BCUT2D eigenvalue weighted by Crippen LogP contribution is 1.92. The van der Waals surface area contributed by atoms with Gasteiger partial charge < -0.3 is 44.0 Å². The van der Waals surface area contributed by atoms with Crippen LogP contribution in [0.3, 0.4) is 0 Å². The fourth-order valence-electron chi connectivity index (χ4n) is 1.75. The number of aliphatic hydroxyl groups is 1. The Morgan fingerprint density at radius 3 is 1.26 bits per heavy atom. The summed E-state index contributed by atoms with van der Waals surface area (Å²) < 4.78 is 36.4. The molecule has 0 aromatic carbocycles. The maximum Gasteiger partial charge on any atom is 0.404 e. The first-order valence-corrected chi connectivity index (χ1v) is 9.27. The van der Waals surface area contributed by atoms with Gasteiger partial charge >= 0.3 is 6.09 Å². The third-order valence-electron chi connectivity index (χ3n) is 3.02. The van der Waals surface area contributed by atoms with Gasteiger partial charge in [-0.15, -0.1) is 0 Å². The molecule has 0 heterocycles. The Morgan fingerprint density at radius 2 is 0.889 bits per heavy atom. The lowest BCUT2D eigenvalue weighted by molar-refractivity contribution is -0.0183. The van der Waals surface area contributed by atoms with Crippen LogP contribution in [0.25, 0.3) is 0 Å². The fourth-order valence-corrected chi connectivity index (χ4v) is 1.75. The van der Waals surface area contributed by atoms with Gasteiger partial charge in [0.15, 0.2) is 0 Å². The molecular formula is C17H35NO9. The third-order valence-corrected chi connectivity index (χ3v) is 3.02. The molecule has 0 aliphatic rings. The first-order chi connectivity index (χ1) is 13.3. The molecule has 162 valence electrons. The zero-order chi connectivity index (χ0) is 19.8. The number of hydrogen-bond acceptors (Lipinski definition) is 9. The monoisotopic (exact) mass is 397 g/mol. The van der Waals surface area contributed by atoms with E-state index in [4.69, 9.17) is 39.3 Å². The molecule has 0 unspecified atom stereocenters. The van der Waals surface area contributed by atoms with Gasteiger partial charge in [0.2, 0.25) is 0 Å². The van der Waals surface area contributed by atoms with Gasteiger partial charge in [-0.3, -0.25) is 0 Å². The van der Waals surface area contributed by atoms with Crippen LogP contribution in [-0.4, -0.2) is 104 Å². The third kappa shape index (κ3) is 25.0. The van der Waals surface area contributed by atoms with Crippen molar-refractivity contribution in [3.8, 4) is 0 Å². The number of hydrogen-bond donors (Lipinski definition) is 2. The molecule has 10 nitrogen and oxygen atoms in total. The van der Waals surface area contributed by atoms with E-state index in [1.54, 1.807) is 0 Å². The van der Waals surface area contributed by atoms with Crippen molar-refractivity contribution in [2.75, 3.05) is 92.5 Å². The molecule has 0 rings (SSSR count). The summed E-state index contributed by atoms with van der Waals surface area (Å²) in [6.45, 7) is 6.31. The smallest absolute Gasteiger partial charge is 0.404 e. The molecule has 0 atom stereocenters.